The summed E-state index contributed by atoms with van der Waals surface area (Å²) in [5, 5.41) is 4.10. The van der Waals surface area contributed by atoms with Crippen molar-refractivity contribution in [3.63, 3.8) is 0 Å². The van der Waals surface area contributed by atoms with Crippen molar-refractivity contribution < 1.29 is 8.83 Å². The largest absolute Gasteiger partial charge is 0.456 e. The van der Waals surface area contributed by atoms with Crippen LogP contribution in [0, 0.1) is 0 Å². The number of nitrogens with zero attached hydrogens (tertiary/aromatic N) is 4. The number of benzene rings is 7. The number of fused-ring (bicyclic) bond motifs is 6. The van der Waals surface area contributed by atoms with E-state index in [4.69, 9.17) is 28.8 Å². The molecule has 0 spiro atoms. The summed E-state index contributed by atoms with van der Waals surface area (Å²) in [6.45, 7) is 0. The van der Waals surface area contributed by atoms with E-state index in [0.29, 0.717) is 34.5 Å². The maximum absolute atomic E-state index is 6.40. The summed E-state index contributed by atoms with van der Waals surface area (Å²) in [7, 11) is 0. The van der Waals surface area contributed by atoms with E-state index >= 15 is 0 Å². The molecule has 10 rings (SSSR count). The van der Waals surface area contributed by atoms with Crippen molar-refractivity contribution in [3.8, 4) is 56.7 Å². The summed E-state index contributed by atoms with van der Waals surface area (Å²) >= 11 is 0. The van der Waals surface area contributed by atoms with E-state index in [9.17, 15) is 0 Å². The summed E-state index contributed by atoms with van der Waals surface area (Å²) in [4.78, 5) is 19.8. The van der Waals surface area contributed by atoms with Crippen molar-refractivity contribution in [3.05, 3.63) is 158 Å². The first kappa shape index (κ1) is 28.1. The molecular weight excluding hydrogens is 617 g/mol. The van der Waals surface area contributed by atoms with Gasteiger partial charge in [-0.25, -0.2) is 19.9 Å². The fourth-order valence-corrected chi connectivity index (χ4v) is 6.64. The van der Waals surface area contributed by atoms with Gasteiger partial charge in [0.2, 0.25) is 5.89 Å². The van der Waals surface area contributed by atoms with Crippen molar-refractivity contribution in [1.82, 2.24) is 19.9 Å². The predicted molar refractivity (Wildman–Crippen MR) is 199 cm³/mol. The number of aromatic nitrogens is 4. The first-order valence-corrected chi connectivity index (χ1v) is 16.5. The van der Waals surface area contributed by atoms with Crippen LogP contribution < -0.4 is 0 Å². The third-order valence-electron chi connectivity index (χ3n) is 9.14. The van der Waals surface area contributed by atoms with Gasteiger partial charge in [0.15, 0.2) is 23.1 Å². The number of hydrogen-bond acceptors (Lipinski definition) is 6. The van der Waals surface area contributed by atoms with Gasteiger partial charge in [-0.1, -0.05) is 109 Å². The maximum Gasteiger partial charge on any atom is 0.227 e. The Morgan fingerprint density at radius 3 is 1.66 bits per heavy atom. The van der Waals surface area contributed by atoms with Crippen LogP contribution in [-0.4, -0.2) is 19.9 Å². The first-order valence-electron chi connectivity index (χ1n) is 16.5. The van der Waals surface area contributed by atoms with Crippen molar-refractivity contribution in [2.45, 2.75) is 0 Å². The predicted octanol–water partition coefficient (Wildman–Crippen LogP) is 11.4. The van der Waals surface area contributed by atoms with E-state index < -0.39 is 0 Å². The molecule has 7 aromatic carbocycles. The summed E-state index contributed by atoms with van der Waals surface area (Å²) in [5.74, 6) is 2.34. The van der Waals surface area contributed by atoms with Gasteiger partial charge in [0.05, 0.1) is 5.39 Å². The Bertz CT molecular complexity index is 2860. The molecule has 3 aromatic heterocycles. The van der Waals surface area contributed by atoms with Crippen molar-refractivity contribution >= 4 is 43.8 Å². The second kappa shape index (κ2) is 11.4. The number of rotatable bonds is 5. The minimum absolute atomic E-state index is 0.561. The molecule has 6 nitrogen and oxygen atoms in total. The minimum Gasteiger partial charge on any atom is -0.456 e. The van der Waals surface area contributed by atoms with Crippen LogP contribution in [0.3, 0.4) is 0 Å². The second-order valence-electron chi connectivity index (χ2n) is 12.3. The Labute approximate surface area is 286 Å². The molecule has 6 heteroatoms. The van der Waals surface area contributed by atoms with Crippen molar-refractivity contribution in [2.24, 2.45) is 0 Å². The summed E-state index contributed by atoms with van der Waals surface area (Å²) < 4.78 is 12.7. The van der Waals surface area contributed by atoms with Gasteiger partial charge in [-0.2, -0.15) is 0 Å². The van der Waals surface area contributed by atoms with Crippen LogP contribution in [-0.2, 0) is 0 Å². The zero-order chi connectivity index (χ0) is 33.0. The van der Waals surface area contributed by atoms with Crippen LogP contribution in [0.1, 0.15) is 0 Å². The average Bonchev–Trinajstić information content (AvgIpc) is 3.80. The number of hydrogen-bond donors (Lipinski definition) is 0. The van der Waals surface area contributed by atoms with Crippen molar-refractivity contribution in [2.75, 3.05) is 0 Å². The van der Waals surface area contributed by atoms with Gasteiger partial charge in [0, 0.05) is 27.6 Å². The molecule has 0 saturated carbocycles. The minimum atomic E-state index is 0.561. The lowest BCUT2D eigenvalue weighted by atomic mass is 10.00. The molecule has 0 saturated heterocycles. The molecule has 0 aliphatic heterocycles. The van der Waals surface area contributed by atoms with E-state index in [0.717, 1.165) is 60.5 Å². The van der Waals surface area contributed by atoms with E-state index in [1.807, 2.05) is 97.1 Å². The Morgan fingerprint density at radius 2 is 0.940 bits per heavy atom. The van der Waals surface area contributed by atoms with Crippen molar-refractivity contribution in [1.29, 1.82) is 0 Å². The fraction of sp³-hybridized carbons (Fsp3) is 0. The highest BCUT2D eigenvalue weighted by atomic mass is 16.4. The smallest absolute Gasteiger partial charge is 0.227 e. The molecule has 0 aliphatic carbocycles. The Balaban J connectivity index is 1.11. The molecule has 10 aromatic rings. The molecule has 0 fully saturated rings. The summed E-state index contributed by atoms with van der Waals surface area (Å²) in [6.07, 6.45) is 0. The van der Waals surface area contributed by atoms with Crippen LogP contribution in [0.4, 0.5) is 0 Å². The standard InChI is InChI=1S/C44H26N4O2/c1-4-10-27(11-5-1)31-18-16-28-17-19-32(25-34(28)24-31)42-46-41(29-12-6-2-7-13-29)47-43(48-42)33-20-21-35-38(26-33)49-37-23-22-36-40(39(35)37)50-44(45-36)30-14-8-3-9-15-30/h1-26H. The van der Waals surface area contributed by atoms with Crippen LogP contribution >= 0.6 is 0 Å². The maximum atomic E-state index is 6.40. The molecule has 0 atom stereocenters. The molecule has 0 bridgehead atoms. The zero-order valence-corrected chi connectivity index (χ0v) is 26.6. The second-order valence-corrected chi connectivity index (χ2v) is 12.3. The highest BCUT2D eigenvalue weighted by molar-refractivity contribution is 6.16. The van der Waals surface area contributed by atoms with E-state index in [2.05, 4.69) is 60.7 Å². The lowest BCUT2D eigenvalue weighted by Gasteiger charge is -2.10. The normalized spacial score (nSPS) is 11.6. The lowest BCUT2D eigenvalue weighted by molar-refractivity contribution is 0.622. The molecule has 0 aliphatic rings. The van der Waals surface area contributed by atoms with Crippen LogP contribution in [0.5, 0.6) is 0 Å². The molecule has 0 amide bonds. The van der Waals surface area contributed by atoms with Gasteiger partial charge >= 0.3 is 0 Å². The first-order chi connectivity index (χ1) is 24.7. The Hall–Kier alpha value is -6.92. The van der Waals surface area contributed by atoms with Gasteiger partial charge in [-0.05, 0) is 70.4 Å². The van der Waals surface area contributed by atoms with Gasteiger partial charge in [-0.3, -0.25) is 0 Å². The molecule has 50 heavy (non-hydrogen) atoms. The Morgan fingerprint density at radius 1 is 0.360 bits per heavy atom. The van der Waals surface area contributed by atoms with Gasteiger partial charge < -0.3 is 8.83 Å². The summed E-state index contributed by atoms with van der Waals surface area (Å²) in [5.41, 5.74) is 8.84. The van der Waals surface area contributed by atoms with E-state index in [1.54, 1.807) is 0 Å². The van der Waals surface area contributed by atoms with Crippen LogP contribution in [0.2, 0.25) is 0 Å². The number of furan rings is 1. The third-order valence-corrected chi connectivity index (χ3v) is 9.14. The molecular formula is C44H26N4O2. The molecule has 3 heterocycles. The summed E-state index contributed by atoms with van der Waals surface area (Å²) in [6, 6.07) is 53.2. The highest BCUT2D eigenvalue weighted by Crippen LogP contribution is 2.38. The quantitative estimate of drug-likeness (QED) is 0.186. The number of oxazole rings is 1. The third kappa shape index (κ3) is 4.81. The highest BCUT2D eigenvalue weighted by Gasteiger charge is 2.19. The molecule has 0 unspecified atom stereocenters. The van der Waals surface area contributed by atoms with Crippen LogP contribution in [0.25, 0.3) is 101 Å². The van der Waals surface area contributed by atoms with Crippen LogP contribution in [0.15, 0.2) is 167 Å². The zero-order valence-electron chi connectivity index (χ0n) is 26.6. The average molecular weight is 643 g/mol. The molecule has 234 valence electrons. The lowest BCUT2D eigenvalue weighted by Crippen LogP contribution is -2.00. The van der Waals surface area contributed by atoms with Gasteiger partial charge in [-0.15, -0.1) is 0 Å². The van der Waals surface area contributed by atoms with E-state index in [1.165, 1.54) is 5.56 Å². The molecule has 0 radical (unpaired) electrons. The SMILES string of the molecule is c1ccc(-c2ccc3ccc(-c4nc(-c5ccccc5)nc(-c5ccc6c(c5)oc5ccc7nc(-c8ccccc8)oc7c56)n4)cc3c2)cc1. The Kier molecular flexibility index (Phi) is 6.39. The fourth-order valence-electron chi connectivity index (χ4n) is 6.64. The topological polar surface area (TPSA) is 77.8 Å². The van der Waals surface area contributed by atoms with Gasteiger partial charge in [0.25, 0.3) is 0 Å². The van der Waals surface area contributed by atoms with E-state index in [-0.39, 0.29) is 0 Å². The van der Waals surface area contributed by atoms with Gasteiger partial charge in [0.1, 0.15) is 16.7 Å². The monoisotopic (exact) mass is 642 g/mol. The molecule has 0 N–H and O–H groups in total.